The third-order valence-electron chi connectivity index (χ3n) is 3.82. The van der Waals surface area contributed by atoms with Crippen LogP contribution in [0, 0.1) is 5.41 Å². The largest absolute Gasteiger partial charge is 0.507 e. The van der Waals surface area contributed by atoms with Crippen molar-refractivity contribution in [3.63, 3.8) is 0 Å². The first-order valence-corrected chi connectivity index (χ1v) is 7.05. The maximum Gasteiger partial charge on any atom is 0.257 e. The summed E-state index contributed by atoms with van der Waals surface area (Å²) in [6.45, 7) is 5.95. The zero-order valence-electron chi connectivity index (χ0n) is 11.4. The van der Waals surface area contributed by atoms with Crippen molar-refractivity contribution in [1.82, 2.24) is 4.90 Å². The number of hydrogen-bond donors (Lipinski definition) is 1. The first kappa shape index (κ1) is 14.2. The number of carbonyl (C=O) groups is 1. The number of aromatic hydroxyl groups is 1. The van der Waals surface area contributed by atoms with Crippen LogP contribution in [0.25, 0.3) is 0 Å². The van der Waals surface area contributed by atoms with Gasteiger partial charge in [0, 0.05) is 18.1 Å². The number of halogens is 1. The summed E-state index contributed by atoms with van der Waals surface area (Å²) >= 11 is 5.90. The van der Waals surface area contributed by atoms with Crippen molar-refractivity contribution >= 4 is 17.5 Å². The highest BCUT2D eigenvalue weighted by Crippen LogP contribution is 2.31. The van der Waals surface area contributed by atoms with Crippen molar-refractivity contribution in [1.29, 1.82) is 0 Å². The number of amides is 1. The average molecular weight is 282 g/mol. The third kappa shape index (κ3) is 3.41. The Labute approximate surface area is 119 Å². The quantitative estimate of drug-likeness (QED) is 0.853. The molecule has 0 radical (unpaired) electrons. The Kier molecular flexibility index (Phi) is 4.04. The van der Waals surface area contributed by atoms with E-state index in [2.05, 4.69) is 13.8 Å². The summed E-state index contributed by atoms with van der Waals surface area (Å²) < 4.78 is 0. The van der Waals surface area contributed by atoms with Crippen molar-refractivity contribution in [2.45, 2.75) is 33.1 Å². The minimum atomic E-state index is -0.127. The summed E-state index contributed by atoms with van der Waals surface area (Å²) in [6, 6.07) is 4.59. The van der Waals surface area contributed by atoms with Crippen molar-refractivity contribution in [3.8, 4) is 5.75 Å². The summed E-state index contributed by atoms with van der Waals surface area (Å²) in [5.41, 5.74) is 0.581. The van der Waals surface area contributed by atoms with Gasteiger partial charge in [0.1, 0.15) is 5.75 Å². The molecule has 4 heteroatoms. The third-order valence-corrected chi connectivity index (χ3v) is 4.05. The van der Waals surface area contributed by atoms with E-state index in [0.29, 0.717) is 10.6 Å². The Morgan fingerprint density at radius 1 is 1.32 bits per heavy atom. The van der Waals surface area contributed by atoms with Crippen molar-refractivity contribution in [2.24, 2.45) is 5.41 Å². The lowest BCUT2D eigenvalue weighted by Crippen LogP contribution is -2.32. The van der Waals surface area contributed by atoms with Crippen LogP contribution in [0.1, 0.15) is 43.5 Å². The summed E-state index contributed by atoms with van der Waals surface area (Å²) in [4.78, 5) is 14.3. The highest BCUT2D eigenvalue weighted by atomic mass is 35.5. The van der Waals surface area contributed by atoms with Gasteiger partial charge in [-0.05, 0) is 42.9 Å². The zero-order chi connectivity index (χ0) is 14.0. The van der Waals surface area contributed by atoms with Gasteiger partial charge in [0.2, 0.25) is 0 Å². The first-order chi connectivity index (χ1) is 8.89. The topological polar surface area (TPSA) is 40.5 Å². The molecule has 1 aromatic rings. The molecule has 0 saturated carbocycles. The van der Waals surface area contributed by atoms with Gasteiger partial charge in [-0.2, -0.15) is 0 Å². The fraction of sp³-hybridized carbons (Fsp3) is 0.533. The van der Waals surface area contributed by atoms with Crippen molar-refractivity contribution < 1.29 is 9.90 Å². The van der Waals surface area contributed by atoms with Crippen LogP contribution in [0.4, 0.5) is 0 Å². The number of rotatable bonds is 1. The van der Waals surface area contributed by atoms with Crippen LogP contribution < -0.4 is 0 Å². The van der Waals surface area contributed by atoms with Gasteiger partial charge in [0.05, 0.1) is 5.56 Å². The number of phenolic OH excluding ortho intramolecular Hbond substituents is 1. The second kappa shape index (κ2) is 5.41. The summed E-state index contributed by atoms with van der Waals surface area (Å²) in [7, 11) is 0. The van der Waals surface area contributed by atoms with Crippen molar-refractivity contribution in [3.05, 3.63) is 28.8 Å². The summed E-state index contributed by atoms with van der Waals surface area (Å²) in [5, 5.41) is 10.3. The van der Waals surface area contributed by atoms with E-state index in [1.54, 1.807) is 6.07 Å². The van der Waals surface area contributed by atoms with E-state index in [4.69, 9.17) is 11.6 Å². The Balaban J connectivity index is 2.17. The molecule has 0 aromatic heterocycles. The Hall–Kier alpha value is -1.22. The second-order valence-electron chi connectivity index (χ2n) is 5.97. The van der Waals surface area contributed by atoms with E-state index in [-0.39, 0.29) is 17.1 Å². The maximum atomic E-state index is 12.4. The minimum absolute atomic E-state index is 0.00194. The summed E-state index contributed by atoms with van der Waals surface area (Å²) in [6.07, 6.45) is 3.11. The molecule has 1 fully saturated rings. The molecule has 0 atom stereocenters. The fourth-order valence-corrected chi connectivity index (χ4v) is 2.65. The van der Waals surface area contributed by atoms with E-state index in [1.165, 1.54) is 12.1 Å². The Bertz CT molecular complexity index is 485. The van der Waals surface area contributed by atoms with Crippen LogP contribution >= 0.6 is 11.6 Å². The number of likely N-dealkylation sites (tertiary alicyclic amines) is 1. The van der Waals surface area contributed by atoms with Gasteiger partial charge in [0.15, 0.2) is 0 Å². The molecule has 104 valence electrons. The van der Waals surface area contributed by atoms with Gasteiger partial charge in [-0.3, -0.25) is 4.79 Å². The second-order valence-corrected chi connectivity index (χ2v) is 6.41. The molecule has 1 aromatic carbocycles. The lowest BCUT2D eigenvalue weighted by Gasteiger charge is -2.23. The first-order valence-electron chi connectivity index (χ1n) is 6.67. The average Bonchev–Trinajstić information content (AvgIpc) is 2.52. The van der Waals surface area contributed by atoms with E-state index in [0.717, 1.165) is 32.4 Å². The van der Waals surface area contributed by atoms with Gasteiger partial charge in [-0.15, -0.1) is 0 Å². The lowest BCUT2D eigenvalue weighted by atomic mass is 9.85. The smallest absolute Gasteiger partial charge is 0.257 e. The number of carbonyl (C=O) groups excluding carboxylic acids is 1. The number of phenols is 1. The number of benzene rings is 1. The number of nitrogens with zero attached hydrogens (tertiary/aromatic N) is 1. The molecule has 3 nitrogen and oxygen atoms in total. The van der Waals surface area contributed by atoms with Crippen LogP contribution in [0.2, 0.25) is 5.02 Å². The Morgan fingerprint density at radius 3 is 2.79 bits per heavy atom. The molecule has 1 aliphatic rings. The van der Waals surface area contributed by atoms with Crippen molar-refractivity contribution in [2.75, 3.05) is 13.1 Å². The molecule has 2 rings (SSSR count). The predicted octanol–water partition coefficient (Wildman–Crippen LogP) is 3.70. The highest BCUT2D eigenvalue weighted by molar-refractivity contribution is 6.31. The number of hydrogen-bond acceptors (Lipinski definition) is 2. The standard InChI is InChI=1S/C15H20ClNO2/c1-15(2)6-3-8-17(9-7-15)14(19)12-10-11(16)4-5-13(12)18/h4-5,10,18H,3,6-9H2,1-2H3. The molecule has 1 heterocycles. The normalized spacial score (nSPS) is 19.0. The molecule has 0 spiro atoms. The maximum absolute atomic E-state index is 12.4. The molecule has 1 saturated heterocycles. The van der Waals surface area contributed by atoms with Crippen LogP contribution in [0.3, 0.4) is 0 Å². The lowest BCUT2D eigenvalue weighted by molar-refractivity contribution is 0.0754. The Morgan fingerprint density at radius 2 is 2.05 bits per heavy atom. The molecule has 1 amide bonds. The van der Waals surface area contributed by atoms with Gasteiger partial charge in [-0.25, -0.2) is 0 Å². The molecular weight excluding hydrogens is 262 g/mol. The SMILES string of the molecule is CC1(C)CCCN(C(=O)c2cc(Cl)ccc2O)CC1. The highest BCUT2D eigenvalue weighted by Gasteiger charge is 2.27. The zero-order valence-corrected chi connectivity index (χ0v) is 12.2. The van der Waals surface area contributed by atoms with Gasteiger partial charge >= 0.3 is 0 Å². The molecule has 0 unspecified atom stereocenters. The molecule has 1 aliphatic heterocycles. The van der Waals surface area contributed by atoms with Gasteiger partial charge < -0.3 is 10.0 Å². The van der Waals surface area contributed by atoms with E-state index < -0.39 is 0 Å². The molecule has 0 bridgehead atoms. The fourth-order valence-electron chi connectivity index (χ4n) is 2.48. The monoisotopic (exact) mass is 281 g/mol. The van der Waals surface area contributed by atoms with Crippen LogP contribution in [0.5, 0.6) is 5.75 Å². The molecule has 19 heavy (non-hydrogen) atoms. The molecule has 1 N–H and O–H groups in total. The van der Waals surface area contributed by atoms with Crippen LogP contribution in [-0.2, 0) is 0 Å². The van der Waals surface area contributed by atoms with Crippen LogP contribution in [-0.4, -0.2) is 29.0 Å². The van der Waals surface area contributed by atoms with E-state index >= 15 is 0 Å². The molecular formula is C15H20ClNO2. The van der Waals surface area contributed by atoms with E-state index in [9.17, 15) is 9.90 Å². The summed E-state index contributed by atoms with van der Waals surface area (Å²) in [5.74, 6) is -0.129. The predicted molar refractivity (Wildman–Crippen MR) is 76.7 cm³/mol. The van der Waals surface area contributed by atoms with Gasteiger partial charge in [-0.1, -0.05) is 25.4 Å². The van der Waals surface area contributed by atoms with Crippen LogP contribution in [0.15, 0.2) is 18.2 Å². The van der Waals surface area contributed by atoms with Gasteiger partial charge in [0.25, 0.3) is 5.91 Å². The minimum Gasteiger partial charge on any atom is -0.507 e. The van der Waals surface area contributed by atoms with E-state index in [1.807, 2.05) is 4.90 Å². The molecule has 0 aliphatic carbocycles.